The average Bonchev–Trinajstić information content (AvgIpc) is 2.27. The SMILES string of the molecule is CCc1c[nH+]c2cc(C(=O)O)ccc2c1.[Cl-]. The van der Waals surface area contributed by atoms with E-state index < -0.39 is 5.97 Å². The molecule has 1 aromatic heterocycles. The molecule has 0 atom stereocenters. The number of hydrogen-bond acceptors (Lipinski definition) is 1. The number of pyridine rings is 1. The summed E-state index contributed by atoms with van der Waals surface area (Å²) in [6.45, 7) is 2.08. The van der Waals surface area contributed by atoms with Gasteiger partial charge in [-0.2, -0.15) is 0 Å². The summed E-state index contributed by atoms with van der Waals surface area (Å²) >= 11 is 0. The van der Waals surface area contributed by atoms with Gasteiger partial charge in [-0.05, 0) is 24.6 Å². The van der Waals surface area contributed by atoms with Gasteiger partial charge in [0.1, 0.15) is 0 Å². The maximum absolute atomic E-state index is 10.8. The largest absolute Gasteiger partial charge is 1.00 e. The van der Waals surface area contributed by atoms with E-state index in [1.807, 2.05) is 12.3 Å². The molecule has 16 heavy (non-hydrogen) atoms. The zero-order valence-corrected chi connectivity index (χ0v) is 9.58. The molecule has 2 N–H and O–H groups in total. The fourth-order valence-electron chi connectivity index (χ4n) is 1.56. The Kier molecular flexibility index (Phi) is 3.85. The van der Waals surface area contributed by atoms with E-state index in [1.54, 1.807) is 12.1 Å². The number of nitrogens with one attached hydrogen (secondary N) is 1. The lowest BCUT2D eigenvalue weighted by Crippen LogP contribution is -3.00. The lowest BCUT2D eigenvalue weighted by atomic mass is 10.1. The maximum atomic E-state index is 10.8. The predicted octanol–water partition coefficient (Wildman–Crippen LogP) is -1.08. The Hall–Kier alpha value is -1.61. The number of aromatic amines is 1. The van der Waals surface area contributed by atoms with E-state index in [-0.39, 0.29) is 12.4 Å². The summed E-state index contributed by atoms with van der Waals surface area (Å²) in [6.07, 6.45) is 2.88. The topological polar surface area (TPSA) is 51.4 Å². The Morgan fingerprint density at radius 1 is 1.38 bits per heavy atom. The minimum Gasteiger partial charge on any atom is -1.00 e. The van der Waals surface area contributed by atoms with Crippen molar-refractivity contribution in [1.29, 1.82) is 0 Å². The van der Waals surface area contributed by atoms with Crippen molar-refractivity contribution in [3.63, 3.8) is 0 Å². The number of rotatable bonds is 2. The van der Waals surface area contributed by atoms with Crippen LogP contribution < -0.4 is 17.4 Å². The van der Waals surface area contributed by atoms with Gasteiger partial charge in [-0.15, -0.1) is 0 Å². The standard InChI is InChI=1S/C12H11NO2.ClH/c1-2-8-5-9-3-4-10(12(14)15)6-11(9)13-7-8;/h3-7H,2H2,1H3,(H,14,15);1H. The van der Waals surface area contributed by atoms with Crippen molar-refractivity contribution in [2.24, 2.45) is 0 Å². The first-order chi connectivity index (χ1) is 7.20. The van der Waals surface area contributed by atoms with E-state index in [4.69, 9.17) is 5.11 Å². The number of carbonyl (C=O) groups is 1. The number of aromatic nitrogens is 1. The van der Waals surface area contributed by atoms with Crippen LogP contribution >= 0.6 is 0 Å². The van der Waals surface area contributed by atoms with Crippen molar-refractivity contribution in [3.05, 3.63) is 41.6 Å². The molecular weight excluding hydrogens is 226 g/mol. The van der Waals surface area contributed by atoms with Crippen molar-refractivity contribution >= 4 is 16.9 Å². The first-order valence-electron chi connectivity index (χ1n) is 4.88. The van der Waals surface area contributed by atoms with Crippen LogP contribution in [0.4, 0.5) is 0 Å². The molecule has 84 valence electrons. The number of benzene rings is 1. The summed E-state index contributed by atoms with van der Waals surface area (Å²) < 4.78 is 0. The third-order valence-corrected chi connectivity index (χ3v) is 2.46. The third-order valence-electron chi connectivity index (χ3n) is 2.46. The fourth-order valence-corrected chi connectivity index (χ4v) is 1.56. The van der Waals surface area contributed by atoms with Gasteiger partial charge in [0.05, 0.1) is 5.56 Å². The summed E-state index contributed by atoms with van der Waals surface area (Å²) in [6, 6.07) is 7.17. The lowest BCUT2D eigenvalue weighted by Gasteiger charge is -1.97. The van der Waals surface area contributed by atoms with Crippen LogP contribution in [0.5, 0.6) is 0 Å². The molecule has 2 rings (SSSR count). The molecule has 0 bridgehead atoms. The number of carboxylic acid groups (broad SMARTS) is 1. The van der Waals surface area contributed by atoms with Gasteiger partial charge in [0, 0.05) is 17.0 Å². The van der Waals surface area contributed by atoms with Crippen LogP contribution in [-0.2, 0) is 6.42 Å². The monoisotopic (exact) mass is 237 g/mol. The van der Waals surface area contributed by atoms with Crippen LogP contribution in [0.15, 0.2) is 30.5 Å². The van der Waals surface area contributed by atoms with Gasteiger partial charge in [0.15, 0.2) is 6.20 Å². The molecule has 4 heteroatoms. The number of halogens is 1. The van der Waals surface area contributed by atoms with Crippen molar-refractivity contribution in [2.75, 3.05) is 0 Å². The molecule has 0 saturated carbocycles. The van der Waals surface area contributed by atoms with Gasteiger partial charge >= 0.3 is 5.97 Å². The average molecular weight is 238 g/mol. The van der Waals surface area contributed by atoms with Crippen molar-refractivity contribution < 1.29 is 27.3 Å². The Morgan fingerprint density at radius 2 is 2.12 bits per heavy atom. The molecule has 1 heterocycles. The van der Waals surface area contributed by atoms with Crippen molar-refractivity contribution in [3.8, 4) is 0 Å². The van der Waals surface area contributed by atoms with Gasteiger partial charge in [0.25, 0.3) is 0 Å². The summed E-state index contributed by atoms with van der Waals surface area (Å²) in [5.41, 5.74) is 2.38. The smallest absolute Gasteiger partial charge is 0.335 e. The molecule has 3 nitrogen and oxygen atoms in total. The second-order valence-electron chi connectivity index (χ2n) is 3.47. The third kappa shape index (κ3) is 2.31. The van der Waals surface area contributed by atoms with E-state index >= 15 is 0 Å². The normalized spacial score (nSPS) is 9.81. The highest BCUT2D eigenvalue weighted by Gasteiger charge is 2.07. The summed E-state index contributed by atoms with van der Waals surface area (Å²) in [7, 11) is 0. The lowest BCUT2D eigenvalue weighted by molar-refractivity contribution is -0.345. The van der Waals surface area contributed by atoms with E-state index in [0.717, 1.165) is 17.3 Å². The quantitative estimate of drug-likeness (QED) is 0.723. The fraction of sp³-hybridized carbons (Fsp3) is 0.167. The molecule has 0 radical (unpaired) electrons. The highest BCUT2D eigenvalue weighted by molar-refractivity contribution is 5.92. The highest BCUT2D eigenvalue weighted by atomic mass is 35.5. The molecule has 0 spiro atoms. The Bertz CT molecular complexity index is 525. The molecule has 0 saturated heterocycles. The summed E-state index contributed by atoms with van der Waals surface area (Å²) in [5.74, 6) is -0.898. The molecular formula is C12H12ClNO2. The molecule has 0 aliphatic carbocycles. The second kappa shape index (κ2) is 4.94. The number of carboxylic acids is 1. The van der Waals surface area contributed by atoms with Crippen LogP contribution in [0.2, 0.25) is 0 Å². The van der Waals surface area contributed by atoms with E-state index in [2.05, 4.69) is 18.0 Å². The number of aryl methyl sites for hydroxylation is 1. The molecule has 0 fully saturated rings. The summed E-state index contributed by atoms with van der Waals surface area (Å²) in [5, 5.41) is 9.87. The van der Waals surface area contributed by atoms with Gasteiger partial charge in [-0.3, -0.25) is 0 Å². The Morgan fingerprint density at radius 3 is 2.75 bits per heavy atom. The van der Waals surface area contributed by atoms with Crippen molar-refractivity contribution in [2.45, 2.75) is 13.3 Å². The van der Waals surface area contributed by atoms with Gasteiger partial charge < -0.3 is 17.5 Å². The van der Waals surface area contributed by atoms with Crippen LogP contribution in [0.3, 0.4) is 0 Å². The molecule has 0 aliphatic rings. The Labute approximate surface area is 99.5 Å². The Balaban J connectivity index is 0.00000128. The second-order valence-corrected chi connectivity index (χ2v) is 3.47. The van der Waals surface area contributed by atoms with Crippen LogP contribution in [-0.4, -0.2) is 11.1 Å². The number of aromatic carboxylic acids is 1. The van der Waals surface area contributed by atoms with Crippen LogP contribution in [0, 0.1) is 0 Å². The summed E-state index contributed by atoms with van der Waals surface area (Å²) in [4.78, 5) is 13.9. The first-order valence-corrected chi connectivity index (χ1v) is 4.88. The molecule has 1 aromatic carbocycles. The minimum atomic E-state index is -0.898. The molecule has 0 amide bonds. The van der Waals surface area contributed by atoms with E-state index in [1.165, 1.54) is 5.56 Å². The zero-order chi connectivity index (χ0) is 10.8. The first kappa shape index (κ1) is 12.5. The number of fused-ring (bicyclic) bond motifs is 1. The molecule has 0 unspecified atom stereocenters. The highest BCUT2D eigenvalue weighted by Crippen LogP contribution is 2.13. The molecule has 0 aliphatic heterocycles. The van der Waals surface area contributed by atoms with Gasteiger partial charge in [-0.1, -0.05) is 6.92 Å². The molecule has 2 aromatic rings. The van der Waals surface area contributed by atoms with E-state index in [0.29, 0.717) is 5.56 Å². The van der Waals surface area contributed by atoms with Crippen LogP contribution in [0.25, 0.3) is 10.9 Å². The van der Waals surface area contributed by atoms with Crippen molar-refractivity contribution in [1.82, 2.24) is 0 Å². The van der Waals surface area contributed by atoms with Gasteiger partial charge in [0.2, 0.25) is 5.52 Å². The van der Waals surface area contributed by atoms with Gasteiger partial charge in [-0.25, -0.2) is 9.78 Å². The minimum absolute atomic E-state index is 0. The van der Waals surface area contributed by atoms with E-state index in [9.17, 15) is 4.79 Å². The predicted molar refractivity (Wildman–Crippen MR) is 56.8 cm³/mol. The maximum Gasteiger partial charge on any atom is 0.335 e. The van der Waals surface area contributed by atoms with Crippen LogP contribution in [0.1, 0.15) is 22.8 Å². The number of H-pyrrole nitrogens is 1. The number of hydrogen-bond donors (Lipinski definition) is 1. The zero-order valence-electron chi connectivity index (χ0n) is 8.83.